The summed E-state index contributed by atoms with van der Waals surface area (Å²) in [6.07, 6.45) is 0.745. The highest BCUT2D eigenvalue weighted by molar-refractivity contribution is 9.10. The van der Waals surface area contributed by atoms with E-state index in [9.17, 15) is 4.79 Å². The second kappa shape index (κ2) is 3.46. The fourth-order valence-corrected chi connectivity index (χ4v) is 1.74. The molecule has 1 aromatic carbocycles. The molecule has 0 saturated heterocycles. The van der Waals surface area contributed by atoms with Crippen LogP contribution in [0.15, 0.2) is 27.3 Å². The number of rotatable bonds is 2. The van der Waals surface area contributed by atoms with Gasteiger partial charge in [-0.15, -0.1) is 0 Å². The molecule has 14 heavy (non-hydrogen) atoms. The zero-order chi connectivity index (χ0) is 10.1. The molecule has 0 aliphatic heterocycles. The lowest BCUT2D eigenvalue weighted by molar-refractivity contribution is 0.112. The summed E-state index contributed by atoms with van der Waals surface area (Å²) in [5.41, 5.74) is 1.15. The largest absolute Gasteiger partial charge is 0.496 e. The summed E-state index contributed by atoms with van der Waals surface area (Å²) < 4.78 is 11.0. The first-order chi connectivity index (χ1) is 6.74. The quantitative estimate of drug-likeness (QED) is 0.774. The summed E-state index contributed by atoms with van der Waals surface area (Å²) >= 11 is 3.22. The molecule has 0 spiro atoms. The van der Waals surface area contributed by atoms with Crippen molar-refractivity contribution < 1.29 is 13.9 Å². The van der Waals surface area contributed by atoms with Gasteiger partial charge >= 0.3 is 0 Å². The molecule has 0 aliphatic carbocycles. The number of aldehydes is 1. The third-order valence-electron chi connectivity index (χ3n) is 1.97. The highest BCUT2D eigenvalue weighted by Crippen LogP contribution is 2.29. The van der Waals surface area contributed by atoms with E-state index in [4.69, 9.17) is 9.15 Å². The Morgan fingerprint density at radius 2 is 2.21 bits per heavy atom. The number of hydrogen-bond donors (Lipinski definition) is 0. The molecule has 3 nitrogen and oxygen atoms in total. The Bertz CT molecular complexity index is 487. The maximum atomic E-state index is 10.7. The normalized spacial score (nSPS) is 10.4. The van der Waals surface area contributed by atoms with E-state index in [0.717, 1.165) is 11.7 Å². The van der Waals surface area contributed by atoms with Crippen LogP contribution in [0.1, 0.15) is 10.4 Å². The van der Waals surface area contributed by atoms with Crippen LogP contribution in [0.5, 0.6) is 5.75 Å². The van der Waals surface area contributed by atoms with Gasteiger partial charge in [-0.1, -0.05) is 0 Å². The molecule has 0 radical (unpaired) electrons. The van der Waals surface area contributed by atoms with Crippen LogP contribution in [0.4, 0.5) is 0 Å². The second-order valence-electron chi connectivity index (χ2n) is 2.80. The van der Waals surface area contributed by atoms with Crippen molar-refractivity contribution in [2.45, 2.75) is 0 Å². The smallest absolute Gasteiger partial charge is 0.170 e. The van der Waals surface area contributed by atoms with Crippen molar-refractivity contribution in [1.29, 1.82) is 0 Å². The number of fused-ring (bicyclic) bond motifs is 1. The van der Waals surface area contributed by atoms with Gasteiger partial charge in [0, 0.05) is 5.39 Å². The maximum absolute atomic E-state index is 10.7. The average Bonchev–Trinajstić information content (AvgIpc) is 2.54. The van der Waals surface area contributed by atoms with Gasteiger partial charge in [-0.3, -0.25) is 4.79 Å². The first-order valence-electron chi connectivity index (χ1n) is 3.97. The molecule has 0 bridgehead atoms. The molecule has 4 heteroatoms. The Labute approximate surface area is 88.8 Å². The minimum atomic E-state index is 0.488. The summed E-state index contributed by atoms with van der Waals surface area (Å²) in [7, 11) is 1.53. The van der Waals surface area contributed by atoms with Gasteiger partial charge in [0.15, 0.2) is 11.0 Å². The lowest BCUT2D eigenvalue weighted by Gasteiger charge is -2.01. The molecule has 0 saturated carbocycles. The van der Waals surface area contributed by atoms with Crippen LogP contribution in [0.2, 0.25) is 0 Å². The van der Waals surface area contributed by atoms with E-state index in [1.807, 2.05) is 6.07 Å². The molecule has 2 aromatic rings. The molecule has 0 unspecified atom stereocenters. The number of ether oxygens (including phenoxy) is 1. The number of benzene rings is 1. The molecule has 0 atom stereocenters. The third kappa shape index (κ3) is 1.42. The SMILES string of the molecule is COc1cc2cc(Br)oc2cc1C=O. The Hall–Kier alpha value is -1.29. The molecule has 0 fully saturated rings. The van der Waals surface area contributed by atoms with Gasteiger partial charge in [0.1, 0.15) is 11.3 Å². The Balaban J connectivity index is 2.74. The number of halogens is 1. The van der Waals surface area contributed by atoms with Crippen molar-refractivity contribution in [3.05, 3.63) is 28.4 Å². The minimum Gasteiger partial charge on any atom is -0.496 e. The lowest BCUT2D eigenvalue weighted by atomic mass is 10.1. The van der Waals surface area contributed by atoms with Crippen LogP contribution in [-0.2, 0) is 0 Å². The zero-order valence-corrected chi connectivity index (χ0v) is 9.00. The summed E-state index contributed by atoms with van der Waals surface area (Å²) in [6, 6.07) is 5.26. The highest BCUT2D eigenvalue weighted by atomic mass is 79.9. The molecule has 72 valence electrons. The molecule has 1 heterocycles. The van der Waals surface area contributed by atoms with E-state index >= 15 is 0 Å². The molecule has 1 aromatic heterocycles. The van der Waals surface area contributed by atoms with Gasteiger partial charge < -0.3 is 9.15 Å². The van der Waals surface area contributed by atoms with Crippen LogP contribution in [0.3, 0.4) is 0 Å². The van der Waals surface area contributed by atoms with Crippen molar-refractivity contribution in [1.82, 2.24) is 0 Å². The van der Waals surface area contributed by atoms with Crippen molar-refractivity contribution in [3.63, 3.8) is 0 Å². The molecule has 0 amide bonds. The van der Waals surface area contributed by atoms with E-state index in [1.165, 1.54) is 7.11 Å². The molecule has 2 rings (SSSR count). The summed E-state index contributed by atoms with van der Waals surface area (Å²) in [5, 5.41) is 0.902. The number of carbonyl (C=O) groups excluding carboxylic acids is 1. The van der Waals surface area contributed by atoms with Crippen LogP contribution in [0.25, 0.3) is 11.0 Å². The monoisotopic (exact) mass is 254 g/mol. The topological polar surface area (TPSA) is 39.4 Å². The van der Waals surface area contributed by atoms with Gasteiger partial charge in [-0.25, -0.2) is 0 Å². The predicted molar refractivity (Wildman–Crippen MR) is 55.9 cm³/mol. The van der Waals surface area contributed by atoms with Crippen molar-refractivity contribution in [2.24, 2.45) is 0 Å². The minimum absolute atomic E-state index is 0.488. The van der Waals surface area contributed by atoms with E-state index in [-0.39, 0.29) is 0 Å². The predicted octanol–water partition coefficient (Wildman–Crippen LogP) is 3.02. The van der Waals surface area contributed by atoms with Gasteiger partial charge in [-0.2, -0.15) is 0 Å². The number of hydrogen-bond acceptors (Lipinski definition) is 3. The van der Waals surface area contributed by atoms with Crippen LogP contribution >= 0.6 is 15.9 Å². The standard InChI is InChI=1S/C10H7BrO3/c1-13-8-2-6-4-10(11)14-9(6)3-7(8)5-12/h2-5H,1H3. The van der Waals surface area contributed by atoms with Crippen molar-refractivity contribution >= 4 is 33.2 Å². The van der Waals surface area contributed by atoms with Crippen molar-refractivity contribution in [2.75, 3.05) is 7.11 Å². The second-order valence-corrected chi connectivity index (χ2v) is 3.58. The average molecular weight is 255 g/mol. The number of furan rings is 1. The van der Waals surface area contributed by atoms with Gasteiger partial charge in [0.25, 0.3) is 0 Å². The van der Waals surface area contributed by atoms with E-state index in [1.54, 1.807) is 12.1 Å². The number of carbonyl (C=O) groups is 1. The lowest BCUT2D eigenvalue weighted by Crippen LogP contribution is -1.89. The van der Waals surface area contributed by atoms with E-state index < -0.39 is 0 Å². The van der Waals surface area contributed by atoms with E-state index in [2.05, 4.69) is 15.9 Å². The van der Waals surface area contributed by atoms with Gasteiger partial charge in [0.2, 0.25) is 0 Å². The summed E-state index contributed by atoms with van der Waals surface area (Å²) in [5.74, 6) is 0.556. The van der Waals surface area contributed by atoms with Gasteiger partial charge in [-0.05, 0) is 34.1 Å². The van der Waals surface area contributed by atoms with Crippen LogP contribution < -0.4 is 4.74 Å². The van der Waals surface area contributed by atoms with Crippen molar-refractivity contribution in [3.8, 4) is 5.75 Å². The Morgan fingerprint density at radius 1 is 1.43 bits per heavy atom. The third-order valence-corrected chi connectivity index (χ3v) is 2.36. The van der Waals surface area contributed by atoms with Gasteiger partial charge in [0.05, 0.1) is 12.7 Å². The van der Waals surface area contributed by atoms with E-state index in [0.29, 0.717) is 21.6 Å². The number of methoxy groups -OCH3 is 1. The maximum Gasteiger partial charge on any atom is 0.170 e. The fourth-order valence-electron chi connectivity index (χ4n) is 1.32. The molecular weight excluding hydrogens is 248 g/mol. The molecular formula is C10H7BrO3. The highest BCUT2D eigenvalue weighted by Gasteiger charge is 2.08. The fraction of sp³-hybridized carbons (Fsp3) is 0.100. The Kier molecular flexibility index (Phi) is 2.29. The molecule has 0 N–H and O–H groups in total. The first-order valence-corrected chi connectivity index (χ1v) is 4.76. The summed E-state index contributed by atoms with van der Waals surface area (Å²) in [6.45, 7) is 0. The molecule has 0 aliphatic rings. The van der Waals surface area contributed by atoms with Crippen LogP contribution in [0, 0.1) is 0 Å². The first kappa shape index (κ1) is 9.27. The zero-order valence-electron chi connectivity index (χ0n) is 7.41. The van der Waals surface area contributed by atoms with Crippen LogP contribution in [-0.4, -0.2) is 13.4 Å². The summed E-state index contributed by atoms with van der Waals surface area (Å²) in [4.78, 5) is 10.7. The Morgan fingerprint density at radius 3 is 2.86 bits per heavy atom.